The summed E-state index contributed by atoms with van der Waals surface area (Å²) in [7, 11) is 0. The number of aromatic nitrogens is 1. The number of hydrogen-bond acceptors (Lipinski definition) is 7. The van der Waals surface area contributed by atoms with Gasteiger partial charge in [0.25, 0.3) is 17.7 Å². The van der Waals surface area contributed by atoms with Gasteiger partial charge >= 0.3 is 5.97 Å². The lowest BCUT2D eigenvalue weighted by Crippen LogP contribution is -2.58. The van der Waals surface area contributed by atoms with Gasteiger partial charge in [0.2, 0.25) is 0 Å². The van der Waals surface area contributed by atoms with Gasteiger partial charge in [-0.05, 0) is 79.9 Å². The molecule has 3 atom stereocenters. The Morgan fingerprint density at radius 1 is 0.956 bits per heavy atom. The summed E-state index contributed by atoms with van der Waals surface area (Å²) in [6.45, 7) is 4.76. The van der Waals surface area contributed by atoms with Crippen LogP contribution in [0, 0.1) is 5.82 Å². The van der Waals surface area contributed by atoms with Gasteiger partial charge in [0.1, 0.15) is 5.82 Å². The van der Waals surface area contributed by atoms with Crippen molar-refractivity contribution in [2.75, 3.05) is 23.3 Å². The van der Waals surface area contributed by atoms with Crippen molar-refractivity contribution in [1.29, 1.82) is 0 Å². The zero-order valence-corrected chi connectivity index (χ0v) is 25.5. The molecule has 12 heteroatoms. The second kappa shape index (κ2) is 13.7. The number of hydrogen-bond donors (Lipinski definition) is 3. The summed E-state index contributed by atoms with van der Waals surface area (Å²) < 4.78 is 13.5. The second-order valence-corrected chi connectivity index (χ2v) is 11.9. The van der Waals surface area contributed by atoms with Crippen molar-refractivity contribution in [2.24, 2.45) is 0 Å². The minimum absolute atomic E-state index is 0.124. The van der Waals surface area contributed by atoms with Gasteiger partial charge in [-0.2, -0.15) is 0 Å². The van der Waals surface area contributed by atoms with E-state index in [4.69, 9.17) is 0 Å². The number of aliphatic carboxylic acids is 1. The smallest absolute Gasteiger partial charge is 0.305 e. The lowest BCUT2D eigenvalue weighted by atomic mass is 10.0. The van der Waals surface area contributed by atoms with Gasteiger partial charge < -0.3 is 25.5 Å². The van der Waals surface area contributed by atoms with Crippen LogP contribution in [-0.2, 0) is 4.79 Å². The average Bonchev–Trinajstić information content (AvgIpc) is 3.57. The van der Waals surface area contributed by atoms with E-state index in [-0.39, 0.29) is 35.5 Å². The maximum atomic E-state index is 13.5. The topological polar surface area (TPSA) is 132 Å². The van der Waals surface area contributed by atoms with Crippen LogP contribution in [0.2, 0.25) is 0 Å². The molecule has 3 amide bonds. The SMILES string of the molecule is CC1CN(c2ccc(C(=O)NC(CC(=O)O)c3cccs3)cc2NC(=O)c2ccc(F)cc2)C(C)CN1C(=O)c1cccnc1. The molecule has 4 aromatic rings. The fourth-order valence-electron chi connectivity index (χ4n) is 5.35. The number of rotatable bonds is 9. The zero-order chi connectivity index (χ0) is 32.1. The molecule has 0 saturated carbocycles. The Bertz CT molecular complexity index is 1680. The Kier molecular flexibility index (Phi) is 9.53. The monoisotopic (exact) mass is 629 g/mol. The fourth-order valence-corrected chi connectivity index (χ4v) is 6.13. The molecule has 232 valence electrons. The molecule has 3 unspecified atom stereocenters. The highest BCUT2D eigenvalue weighted by Crippen LogP contribution is 2.33. The van der Waals surface area contributed by atoms with E-state index >= 15 is 0 Å². The van der Waals surface area contributed by atoms with Gasteiger partial charge in [0.15, 0.2) is 0 Å². The summed E-state index contributed by atoms with van der Waals surface area (Å²) in [5.41, 5.74) is 1.91. The van der Waals surface area contributed by atoms with Crippen LogP contribution in [0.4, 0.5) is 15.8 Å². The third-order valence-corrected chi connectivity index (χ3v) is 8.63. The molecule has 0 radical (unpaired) electrons. The van der Waals surface area contributed by atoms with Gasteiger partial charge in [0.05, 0.1) is 29.4 Å². The van der Waals surface area contributed by atoms with E-state index in [1.165, 1.54) is 35.6 Å². The predicted molar refractivity (Wildman–Crippen MR) is 169 cm³/mol. The number of halogens is 1. The van der Waals surface area contributed by atoms with Crippen molar-refractivity contribution in [3.05, 3.63) is 112 Å². The molecule has 2 aromatic heterocycles. The second-order valence-electron chi connectivity index (χ2n) is 10.9. The standard InChI is InChI=1S/C33H32FN5O5S/c1-20-19-39(33(44)24-5-3-13-35-17-24)21(2)18-38(20)28-12-9-23(15-26(28)36-31(42)22-7-10-25(34)11-8-22)32(43)37-27(16-30(40)41)29-6-4-14-45-29/h3-15,17,20-21,27H,16,18-19H2,1-2H3,(H,36,42)(H,37,43)(H,40,41). The van der Waals surface area contributed by atoms with Gasteiger partial charge in [-0.15, -0.1) is 11.3 Å². The third kappa shape index (κ3) is 7.35. The van der Waals surface area contributed by atoms with Crippen LogP contribution in [0.25, 0.3) is 0 Å². The average molecular weight is 630 g/mol. The highest BCUT2D eigenvalue weighted by atomic mass is 32.1. The van der Waals surface area contributed by atoms with Crippen molar-refractivity contribution in [3.8, 4) is 0 Å². The van der Waals surface area contributed by atoms with Crippen LogP contribution in [0.1, 0.15) is 62.3 Å². The maximum absolute atomic E-state index is 13.5. The maximum Gasteiger partial charge on any atom is 0.305 e. The Morgan fingerprint density at radius 3 is 2.38 bits per heavy atom. The summed E-state index contributed by atoms with van der Waals surface area (Å²) in [5, 5.41) is 16.9. The van der Waals surface area contributed by atoms with Crippen LogP contribution in [0.15, 0.2) is 84.5 Å². The number of anilines is 2. The first kappa shape index (κ1) is 31.3. The van der Waals surface area contributed by atoms with E-state index in [1.54, 1.807) is 65.1 Å². The van der Waals surface area contributed by atoms with Crippen molar-refractivity contribution in [2.45, 2.75) is 38.4 Å². The Hall–Kier alpha value is -5.10. The normalized spacial score (nSPS) is 17.0. The van der Waals surface area contributed by atoms with E-state index in [0.29, 0.717) is 34.9 Å². The van der Waals surface area contributed by atoms with Crippen molar-refractivity contribution in [1.82, 2.24) is 15.2 Å². The summed E-state index contributed by atoms with van der Waals surface area (Å²) in [5.74, 6) is -2.66. The third-order valence-electron chi connectivity index (χ3n) is 7.65. The first-order valence-electron chi connectivity index (χ1n) is 14.4. The molecule has 0 aliphatic carbocycles. The first-order chi connectivity index (χ1) is 21.6. The molecule has 0 bridgehead atoms. The summed E-state index contributed by atoms with van der Waals surface area (Å²) in [4.78, 5) is 60.1. The van der Waals surface area contributed by atoms with E-state index in [9.17, 15) is 28.7 Å². The summed E-state index contributed by atoms with van der Waals surface area (Å²) in [6, 6.07) is 15.9. The number of carbonyl (C=O) groups is 4. The molecule has 1 aliphatic rings. The number of benzene rings is 2. The van der Waals surface area contributed by atoms with Crippen LogP contribution in [0.5, 0.6) is 0 Å². The van der Waals surface area contributed by atoms with Crippen molar-refractivity contribution in [3.63, 3.8) is 0 Å². The number of carboxylic acids is 1. The molecule has 5 rings (SSSR count). The van der Waals surface area contributed by atoms with Crippen LogP contribution >= 0.6 is 11.3 Å². The van der Waals surface area contributed by atoms with Crippen LogP contribution in [0.3, 0.4) is 0 Å². The molecule has 1 aliphatic heterocycles. The summed E-state index contributed by atoms with van der Waals surface area (Å²) >= 11 is 1.34. The Labute approximate surface area is 263 Å². The van der Waals surface area contributed by atoms with E-state index in [0.717, 1.165) is 0 Å². The minimum atomic E-state index is -1.06. The van der Waals surface area contributed by atoms with Gasteiger partial charge in [-0.1, -0.05) is 6.07 Å². The molecule has 45 heavy (non-hydrogen) atoms. The number of carboxylic acid groups (broad SMARTS) is 1. The molecule has 2 aromatic carbocycles. The number of thiophene rings is 1. The van der Waals surface area contributed by atoms with Gasteiger partial charge in [0, 0.05) is 53.6 Å². The number of amides is 3. The quantitative estimate of drug-likeness (QED) is 0.231. The van der Waals surface area contributed by atoms with Crippen molar-refractivity contribution >= 4 is 46.4 Å². The molecule has 1 saturated heterocycles. The molecule has 3 N–H and O–H groups in total. The molecule has 0 spiro atoms. The van der Waals surface area contributed by atoms with Gasteiger partial charge in [-0.3, -0.25) is 24.2 Å². The number of nitrogens with zero attached hydrogens (tertiary/aromatic N) is 3. The molecule has 3 heterocycles. The molecule has 1 fully saturated rings. The van der Waals surface area contributed by atoms with Crippen molar-refractivity contribution < 1.29 is 28.7 Å². The van der Waals surface area contributed by atoms with Gasteiger partial charge in [-0.25, -0.2) is 4.39 Å². The largest absolute Gasteiger partial charge is 0.481 e. The number of carbonyl (C=O) groups excluding carboxylic acids is 3. The Morgan fingerprint density at radius 2 is 1.71 bits per heavy atom. The van der Waals surface area contributed by atoms with E-state index in [1.807, 2.05) is 13.8 Å². The van der Waals surface area contributed by atoms with Crippen LogP contribution in [-0.4, -0.2) is 63.9 Å². The number of pyridine rings is 1. The highest BCUT2D eigenvalue weighted by molar-refractivity contribution is 7.10. The lowest BCUT2D eigenvalue weighted by Gasteiger charge is -2.45. The molecular weight excluding hydrogens is 597 g/mol. The zero-order valence-electron chi connectivity index (χ0n) is 24.6. The predicted octanol–water partition coefficient (Wildman–Crippen LogP) is 5.22. The van der Waals surface area contributed by atoms with E-state index in [2.05, 4.69) is 20.5 Å². The number of nitrogens with one attached hydrogen (secondary N) is 2. The fraction of sp³-hybridized carbons (Fsp3) is 0.242. The summed E-state index contributed by atoms with van der Waals surface area (Å²) in [6.07, 6.45) is 2.86. The lowest BCUT2D eigenvalue weighted by molar-refractivity contribution is -0.137. The van der Waals surface area contributed by atoms with Crippen LogP contribution < -0.4 is 15.5 Å². The van der Waals surface area contributed by atoms with E-state index < -0.39 is 29.6 Å². The Balaban J connectivity index is 1.44. The first-order valence-corrected chi connectivity index (χ1v) is 15.2. The minimum Gasteiger partial charge on any atom is -0.481 e. The molecule has 10 nitrogen and oxygen atoms in total. The number of piperazine rings is 1. The highest BCUT2D eigenvalue weighted by Gasteiger charge is 2.34. The molecular formula is C33H32FN5O5S.